The lowest BCUT2D eigenvalue weighted by Crippen LogP contribution is -2.57. The van der Waals surface area contributed by atoms with E-state index in [1.807, 2.05) is 0 Å². The predicted molar refractivity (Wildman–Crippen MR) is 92.4 cm³/mol. The van der Waals surface area contributed by atoms with Gasteiger partial charge in [-0.25, -0.2) is 8.42 Å². The van der Waals surface area contributed by atoms with Crippen molar-refractivity contribution in [3.63, 3.8) is 0 Å². The Morgan fingerprint density at radius 1 is 1.42 bits per heavy atom. The molecule has 6 nitrogen and oxygen atoms in total. The number of carbonyl (C=O) groups excluding carboxylic acids is 1. The van der Waals surface area contributed by atoms with Gasteiger partial charge in [-0.2, -0.15) is 4.31 Å². The number of nitrogens with one attached hydrogen (secondary N) is 1. The van der Waals surface area contributed by atoms with E-state index >= 15 is 0 Å². The Labute approximate surface area is 147 Å². The number of methoxy groups -OCH3 is 1. The monoisotopic (exact) mass is 372 g/mol. The van der Waals surface area contributed by atoms with Gasteiger partial charge in [0.1, 0.15) is 10.8 Å². The first-order valence-corrected chi connectivity index (χ1v) is 10.6. The molecule has 8 heteroatoms. The maximum atomic E-state index is 12.6. The highest BCUT2D eigenvalue weighted by Crippen LogP contribution is 2.41. The van der Waals surface area contributed by atoms with E-state index < -0.39 is 10.0 Å². The number of hydrogen-bond acceptors (Lipinski definition) is 5. The van der Waals surface area contributed by atoms with E-state index in [1.54, 1.807) is 21.8 Å². The molecule has 24 heavy (non-hydrogen) atoms. The number of amides is 1. The lowest BCUT2D eigenvalue weighted by molar-refractivity contribution is -0.127. The Hall–Kier alpha value is -0.960. The molecule has 2 aliphatic rings. The van der Waals surface area contributed by atoms with Crippen molar-refractivity contribution in [3.8, 4) is 0 Å². The van der Waals surface area contributed by atoms with E-state index in [4.69, 9.17) is 4.74 Å². The lowest BCUT2D eigenvalue weighted by Gasteiger charge is -2.42. The zero-order valence-electron chi connectivity index (χ0n) is 13.9. The van der Waals surface area contributed by atoms with Gasteiger partial charge in [0.25, 0.3) is 10.0 Å². The van der Waals surface area contributed by atoms with Gasteiger partial charge < -0.3 is 10.1 Å². The Morgan fingerprint density at radius 3 is 2.67 bits per heavy atom. The molecule has 0 spiro atoms. The molecule has 3 rings (SSSR count). The van der Waals surface area contributed by atoms with Gasteiger partial charge in [-0.3, -0.25) is 4.79 Å². The number of thiophene rings is 1. The van der Waals surface area contributed by atoms with Crippen molar-refractivity contribution in [3.05, 3.63) is 17.5 Å². The SMILES string of the molecule is COCC(=O)NC1(CC2CC2)CCN(S(=O)(=O)c2cccs2)CC1. The van der Waals surface area contributed by atoms with Crippen LogP contribution in [0.15, 0.2) is 21.7 Å². The van der Waals surface area contributed by atoms with Crippen molar-refractivity contribution in [2.75, 3.05) is 26.8 Å². The molecule has 1 saturated carbocycles. The van der Waals surface area contributed by atoms with Gasteiger partial charge >= 0.3 is 0 Å². The largest absolute Gasteiger partial charge is 0.375 e. The van der Waals surface area contributed by atoms with Crippen LogP contribution in [-0.2, 0) is 19.6 Å². The van der Waals surface area contributed by atoms with Crippen molar-refractivity contribution < 1.29 is 17.9 Å². The van der Waals surface area contributed by atoms with E-state index in [0.717, 1.165) is 6.42 Å². The van der Waals surface area contributed by atoms with Crippen molar-refractivity contribution in [2.45, 2.75) is 41.9 Å². The Bertz CT molecular complexity index is 660. The molecule has 1 aliphatic carbocycles. The van der Waals surface area contributed by atoms with Gasteiger partial charge in [-0.05, 0) is 36.6 Å². The third-order valence-electron chi connectivity index (χ3n) is 4.83. The van der Waals surface area contributed by atoms with Gasteiger partial charge in [0, 0.05) is 25.7 Å². The molecule has 1 N–H and O–H groups in total. The number of ether oxygens (including phenoxy) is 1. The number of rotatable bonds is 7. The fourth-order valence-electron chi connectivity index (χ4n) is 3.41. The minimum Gasteiger partial charge on any atom is -0.375 e. The van der Waals surface area contributed by atoms with E-state index in [0.29, 0.717) is 36.1 Å². The first kappa shape index (κ1) is 17.8. The van der Waals surface area contributed by atoms with E-state index in [2.05, 4.69) is 5.32 Å². The average molecular weight is 373 g/mol. The molecule has 1 aliphatic heterocycles. The van der Waals surface area contributed by atoms with Gasteiger partial charge in [0.2, 0.25) is 5.91 Å². The van der Waals surface area contributed by atoms with Crippen molar-refractivity contribution in [2.24, 2.45) is 5.92 Å². The molecule has 1 saturated heterocycles. The smallest absolute Gasteiger partial charge is 0.252 e. The summed E-state index contributed by atoms with van der Waals surface area (Å²) in [6, 6.07) is 3.40. The minimum absolute atomic E-state index is 0.0453. The van der Waals surface area contributed by atoms with Crippen LogP contribution in [0, 0.1) is 5.92 Å². The molecular formula is C16H24N2O4S2. The summed E-state index contributed by atoms with van der Waals surface area (Å²) in [5, 5.41) is 4.91. The molecule has 2 fully saturated rings. The highest BCUT2D eigenvalue weighted by atomic mass is 32.2. The van der Waals surface area contributed by atoms with Crippen LogP contribution in [0.1, 0.15) is 32.1 Å². The summed E-state index contributed by atoms with van der Waals surface area (Å²) >= 11 is 1.25. The third kappa shape index (κ3) is 3.99. The standard InChI is InChI=1S/C16H24N2O4S2/c1-22-12-14(19)17-16(11-13-4-5-13)6-8-18(9-7-16)24(20,21)15-3-2-10-23-15/h2-3,10,13H,4-9,11-12H2,1H3,(H,17,19). The highest BCUT2D eigenvalue weighted by Gasteiger charge is 2.42. The first-order chi connectivity index (χ1) is 11.5. The summed E-state index contributed by atoms with van der Waals surface area (Å²) in [7, 11) is -1.90. The summed E-state index contributed by atoms with van der Waals surface area (Å²) in [6.07, 6.45) is 4.67. The molecule has 0 atom stereocenters. The second-order valence-electron chi connectivity index (χ2n) is 6.75. The first-order valence-electron chi connectivity index (χ1n) is 8.29. The average Bonchev–Trinajstić information content (AvgIpc) is 3.16. The van der Waals surface area contributed by atoms with Crippen molar-refractivity contribution in [1.29, 1.82) is 0 Å². The van der Waals surface area contributed by atoms with Gasteiger partial charge in [0.05, 0.1) is 0 Å². The summed E-state index contributed by atoms with van der Waals surface area (Å²) in [5.74, 6) is 0.543. The second-order valence-corrected chi connectivity index (χ2v) is 9.86. The Balaban J connectivity index is 1.68. The fourth-order valence-corrected chi connectivity index (χ4v) is 6.00. The minimum atomic E-state index is -3.41. The van der Waals surface area contributed by atoms with Crippen LogP contribution in [-0.4, -0.2) is 51.0 Å². The summed E-state index contributed by atoms with van der Waals surface area (Å²) in [5.41, 5.74) is -0.293. The molecule has 2 heterocycles. The van der Waals surface area contributed by atoms with Crippen LogP contribution in [0.25, 0.3) is 0 Å². The lowest BCUT2D eigenvalue weighted by atomic mass is 9.83. The van der Waals surface area contributed by atoms with E-state index in [9.17, 15) is 13.2 Å². The molecule has 0 unspecified atom stereocenters. The van der Waals surface area contributed by atoms with E-state index in [1.165, 1.54) is 31.3 Å². The number of carbonyl (C=O) groups is 1. The number of piperidine rings is 1. The molecule has 1 aromatic rings. The molecule has 0 radical (unpaired) electrons. The van der Waals surface area contributed by atoms with Crippen molar-refractivity contribution in [1.82, 2.24) is 9.62 Å². The Morgan fingerprint density at radius 2 is 2.12 bits per heavy atom. The van der Waals surface area contributed by atoms with Crippen molar-refractivity contribution >= 4 is 27.3 Å². The number of sulfonamides is 1. The Kier molecular flexibility index (Phi) is 5.29. The molecule has 134 valence electrons. The number of hydrogen-bond donors (Lipinski definition) is 1. The van der Waals surface area contributed by atoms with Crippen LogP contribution in [0.2, 0.25) is 0 Å². The summed E-state index contributed by atoms with van der Waals surface area (Å²) in [4.78, 5) is 12.0. The maximum Gasteiger partial charge on any atom is 0.252 e. The van der Waals surface area contributed by atoms with Crippen LogP contribution in [0.4, 0.5) is 0 Å². The van der Waals surface area contributed by atoms with Gasteiger partial charge in [0.15, 0.2) is 0 Å². The third-order valence-corrected chi connectivity index (χ3v) is 8.10. The van der Waals surface area contributed by atoms with Gasteiger partial charge in [-0.1, -0.05) is 18.9 Å². The van der Waals surface area contributed by atoms with Crippen LogP contribution in [0.5, 0.6) is 0 Å². The molecule has 0 aromatic carbocycles. The topological polar surface area (TPSA) is 75.7 Å². The van der Waals surface area contributed by atoms with Gasteiger partial charge in [-0.15, -0.1) is 11.3 Å². The normalized spacial score (nSPS) is 21.5. The molecular weight excluding hydrogens is 348 g/mol. The molecule has 1 aromatic heterocycles. The number of nitrogens with zero attached hydrogens (tertiary/aromatic N) is 1. The van der Waals surface area contributed by atoms with Crippen LogP contribution >= 0.6 is 11.3 Å². The van der Waals surface area contributed by atoms with E-state index in [-0.39, 0.29) is 18.1 Å². The highest BCUT2D eigenvalue weighted by molar-refractivity contribution is 7.91. The summed E-state index contributed by atoms with van der Waals surface area (Å²) < 4.78 is 32.2. The zero-order valence-corrected chi connectivity index (χ0v) is 15.5. The molecule has 0 bridgehead atoms. The fraction of sp³-hybridized carbons (Fsp3) is 0.688. The van der Waals surface area contributed by atoms with Crippen LogP contribution in [0.3, 0.4) is 0 Å². The summed E-state index contributed by atoms with van der Waals surface area (Å²) in [6.45, 7) is 0.935. The second kappa shape index (κ2) is 7.11. The predicted octanol–water partition coefficient (Wildman–Crippen LogP) is 1.83. The maximum absolute atomic E-state index is 12.6. The quantitative estimate of drug-likeness (QED) is 0.792. The zero-order chi connectivity index (χ0) is 17.2. The van der Waals surface area contributed by atoms with Crippen LogP contribution < -0.4 is 5.32 Å². The molecule has 1 amide bonds.